The fourth-order valence-corrected chi connectivity index (χ4v) is 4.17. The lowest BCUT2D eigenvalue weighted by molar-refractivity contribution is -0.132. The van der Waals surface area contributed by atoms with Gasteiger partial charge in [0.25, 0.3) is 11.7 Å². The number of Topliss-reactive ketones (excluding diaryl/α,β-unsaturated/α-hetero) is 1. The molecule has 1 aliphatic heterocycles. The molecule has 3 aromatic rings. The van der Waals surface area contributed by atoms with E-state index in [1.807, 2.05) is 32.9 Å². The summed E-state index contributed by atoms with van der Waals surface area (Å²) in [5.41, 5.74) is 1.86. The Kier molecular flexibility index (Phi) is 7.10. The highest BCUT2D eigenvalue weighted by Gasteiger charge is 2.47. The predicted octanol–water partition coefficient (Wildman–Crippen LogP) is 5.80. The van der Waals surface area contributed by atoms with Crippen LogP contribution in [-0.2, 0) is 9.59 Å². The molecule has 0 radical (unpaired) electrons. The van der Waals surface area contributed by atoms with E-state index in [1.54, 1.807) is 36.4 Å². The number of hydrogen-bond donors (Lipinski definition) is 1. The zero-order valence-electron chi connectivity index (χ0n) is 20.6. The van der Waals surface area contributed by atoms with Gasteiger partial charge in [-0.05, 0) is 60.9 Å². The SMILES string of the molecule is COc1ccc(F)cc1/C(O)=C1\C(=O)C(=O)N(c2ccc(C)cc2)C1c1cccc(OCC(C)C)c1. The molecule has 4 rings (SSSR count). The molecule has 1 unspecified atom stereocenters. The van der Waals surface area contributed by atoms with Crippen LogP contribution < -0.4 is 14.4 Å². The highest BCUT2D eigenvalue weighted by Crippen LogP contribution is 2.44. The minimum Gasteiger partial charge on any atom is -0.507 e. The number of ether oxygens (including phenoxy) is 2. The van der Waals surface area contributed by atoms with Crippen molar-refractivity contribution in [3.63, 3.8) is 0 Å². The van der Waals surface area contributed by atoms with Gasteiger partial charge in [0.05, 0.1) is 30.9 Å². The number of aliphatic hydroxyl groups is 1. The van der Waals surface area contributed by atoms with Crippen molar-refractivity contribution in [1.82, 2.24) is 0 Å². The first-order valence-corrected chi connectivity index (χ1v) is 11.7. The third-order valence-corrected chi connectivity index (χ3v) is 5.93. The molecule has 1 atom stereocenters. The van der Waals surface area contributed by atoms with Crippen LogP contribution in [0.4, 0.5) is 10.1 Å². The van der Waals surface area contributed by atoms with Crippen molar-refractivity contribution in [2.45, 2.75) is 26.8 Å². The van der Waals surface area contributed by atoms with Crippen LogP contribution in [0.1, 0.15) is 36.6 Å². The molecule has 1 saturated heterocycles. The number of carbonyl (C=O) groups is 2. The second-order valence-corrected chi connectivity index (χ2v) is 9.13. The summed E-state index contributed by atoms with van der Waals surface area (Å²) in [5, 5.41) is 11.3. The summed E-state index contributed by atoms with van der Waals surface area (Å²) in [7, 11) is 1.38. The lowest BCUT2D eigenvalue weighted by atomic mass is 9.94. The average Bonchev–Trinajstić information content (AvgIpc) is 3.13. The van der Waals surface area contributed by atoms with E-state index >= 15 is 0 Å². The third-order valence-electron chi connectivity index (χ3n) is 5.93. The molecular weight excluding hydrogens is 461 g/mol. The summed E-state index contributed by atoms with van der Waals surface area (Å²) >= 11 is 0. The van der Waals surface area contributed by atoms with Gasteiger partial charge in [0.1, 0.15) is 23.1 Å². The van der Waals surface area contributed by atoms with Gasteiger partial charge in [0.2, 0.25) is 0 Å². The molecule has 186 valence electrons. The van der Waals surface area contributed by atoms with Gasteiger partial charge < -0.3 is 14.6 Å². The minimum atomic E-state index is -0.969. The Morgan fingerprint density at radius 3 is 2.44 bits per heavy atom. The molecule has 1 fully saturated rings. The number of hydrogen-bond acceptors (Lipinski definition) is 5. The number of ketones is 1. The topological polar surface area (TPSA) is 76.1 Å². The summed E-state index contributed by atoms with van der Waals surface area (Å²) in [6.07, 6.45) is 0. The lowest BCUT2D eigenvalue weighted by Gasteiger charge is -2.26. The van der Waals surface area contributed by atoms with Crippen molar-refractivity contribution in [2.24, 2.45) is 5.92 Å². The number of aryl methyl sites for hydroxylation is 1. The monoisotopic (exact) mass is 489 g/mol. The Balaban J connectivity index is 1.93. The number of aliphatic hydroxyl groups excluding tert-OH is 1. The molecule has 1 heterocycles. The number of carbonyl (C=O) groups excluding carboxylic acids is 2. The van der Waals surface area contributed by atoms with Crippen LogP contribution in [0.2, 0.25) is 0 Å². The number of halogens is 1. The molecule has 0 aromatic heterocycles. The zero-order chi connectivity index (χ0) is 26.0. The van der Waals surface area contributed by atoms with Gasteiger partial charge in [-0.15, -0.1) is 0 Å². The van der Waals surface area contributed by atoms with Gasteiger partial charge >= 0.3 is 0 Å². The van der Waals surface area contributed by atoms with Gasteiger partial charge in [-0.3, -0.25) is 14.5 Å². The van der Waals surface area contributed by atoms with Gasteiger partial charge in [-0.25, -0.2) is 4.39 Å². The van der Waals surface area contributed by atoms with Crippen molar-refractivity contribution >= 4 is 23.1 Å². The van der Waals surface area contributed by atoms with Crippen LogP contribution in [0.3, 0.4) is 0 Å². The molecule has 0 saturated carbocycles. The zero-order valence-corrected chi connectivity index (χ0v) is 20.6. The van der Waals surface area contributed by atoms with Crippen molar-refractivity contribution in [3.8, 4) is 11.5 Å². The smallest absolute Gasteiger partial charge is 0.300 e. The van der Waals surface area contributed by atoms with Gasteiger partial charge in [-0.2, -0.15) is 0 Å². The van der Waals surface area contributed by atoms with Crippen LogP contribution in [-0.4, -0.2) is 30.5 Å². The second kappa shape index (κ2) is 10.2. The first kappa shape index (κ1) is 25.0. The summed E-state index contributed by atoms with van der Waals surface area (Å²) < 4.78 is 25.3. The predicted molar refractivity (Wildman–Crippen MR) is 136 cm³/mol. The van der Waals surface area contributed by atoms with E-state index in [9.17, 15) is 19.1 Å². The van der Waals surface area contributed by atoms with Crippen molar-refractivity contribution < 1.29 is 28.6 Å². The van der Waals surface area contributed by atoms with E-state index in [-0.39, 0.29) is 16.9 Å². The fraction of sp³-hybridized carbons (Fsp3) is 0.241. The molecule has 7 heteroatoms. The van der Waals surface area contributed by atoms with Gasteiger partial charge in [0, 0.05) is 5.69 Å². The van der Waals surface area contributed by atoms with Crippen LogP contribution in [0.25, 0.3) is 5.76 Å². The average molecular weight is 490 g/mol. The van der Waals surface area contributed by atoms with E-state index in [4.69, 9.17) is 9.47 Å². The van der Waals surface area contributed by atoms with Crippen molar-refractivity contribution in [1.29, 1.82) is 0 Å². The summed E-state index contributed by atoms with van der Waals surface area (Å²) in [6, 6.07) is 16.9. The number of methoxy groups -OCH3 is 1. The highest BCUT2D eigenvalue weighted by molar-refractivity contribution is 6.51. The molecule has 0 aliphatic carbocycles. The number of nitrogens with zero attached hydrogens (tertiary/aromatic N) is 1. The fourth-order valence-electron chi connectivity index (χ4n) is 4.17. The maximum Gasteiger partial charge on any atom is 0.300 e. The Hall–Kier alpha value is -4.13. The van der Waals surface area contributed by atoms with E-state index in [1.165, 1.54) is 24.1 Å². The first-order chi connectivity index (χ1) is 17.2. The Morgan fingerprint density at radius 2 is 1.78 bits per heavy atom. The van der Waals surface area contributed by atoms with E-state index in [0.29, 0.717) is 29.5 Å². The van der Waals surface area contributed by atoms with Crippen molar-refractivity contribution in [2.75, 3.05) is 18.6 Å². The molecule has 1 N–H and O–H groups in total. The number of amides is 1. The summed E-state index contributed by atoms with van der Waals surface area (Å²) in [4.78, 5) is 28.0. The Bertz CT molecular complexity index is 1330. The molecular formula is C29H28FNO5. The summed E-state index contributed by atoms with van der Waals surface area (Å²) in [5.74, 6) is -1.77. The van der Waals surface area contributed by atoms with Crippen LogP contribution in [0.5, 0.6) is 11.5 Å². The Morgan fingerprint density at radius 1 is 1.06 bits per heavy atom. The lowest BCUT2D eigenvalue weighted by Crippen LogP contribution is -2.29. The molecule has 1 amide bonds. The van der Waals surface area contributed by atoms with E-state index < -0.39 is 29.3 Å². The molecule has 3 aromatic carbocycles. The molecule has 36 heavy (non-hydrogen) atoms. The normalized spacial score (nSPS) is 17.1. The summed E-state index contributed by atoms with van der Waals surface area (Å²) in [6.45, 7) is 6.47. The molecule has 6 nitrogen and oxygen atoms in total. The first-order valence-electron chi connectivity index (χ1n) is 11.7. The number of benzene rings is 3. The maximum atomic E-state index is 14.1. The standard InChI is InChI=1S/C29H28FNO5/c1-17(2)16-36-22-7-5-6-19(14-22)26-25(27(32)23-15-20(30)10-13-24(23)35-4)28(33)29(34)31(26)21-11-8-18(3)9-12-21/h5-15,17,26,32H,16H2,1-4H3/b27-25+. The third kappa shape index (κ3) is 4.82. The van der Waals surface area contributed by atoms with Crippen LogP contribution in [0.15, 0.2) is 72.3 Å². The minimum absolute atomic E-state index is 0.0170. The molecule has 1 aliphatic rings. The molecule has 0 bridgehead atoms. The number of rotatable bonds is 7. The van der Waals surface area contributed by atoms with Crippen molar-refractivity contribution in [3.05, 3.63) is 94.8 Å². The largest absolute Gasteiger partial charge is 0.507 e. The van der Waals surface area contributed by atoms with Gasteiger partial charge in [-0.1, -0.05) is 43.7 Å². The van der Waals surface area contributed by atoms with E-state index in [0.717, 1.165) is 11.6 Å². The van der Waals surface area contributed by atoms with Crippen LogP contribution >= 0.6 is 0 Å². The van der Waals surface area contributed by atoms with Gasteiger partial charge in [0.15, 0.2) is 0 Å². The number of anilines is 1. The van der Waals surface area contributed by atoms with E-state index in [2.05, 4.69) is 0 Å². The Labute approximate surface area is 209 Å². The maximum absolute atomic E-state index is 14.1. The quantitative estimate of drug-likeness (QED) is 0.258. The highest BCUT2D eigenvalue weighted by atomic mass is 19.1. The second-order valence-electron chi connectivity index (χ2n) is 9.13. The van der Waals surface area contributed by atoms with Crippen LogP contribution in [0, 0.1) is 18.7 Å². The molecule has 0 spiro atoms.